The average Bonchev–Trinajstić information content (AvgIpc) is 3.22. The molecule has 1 aliphatic heterocycles. The third kappa shape index (κ3) is 20.8. The molecule has 0 aliphatic carbocycles. The van der Waals surface area contributed by atoms with Gasteiger partial charge in [-0.05, 0) is 0 Å². The molecule has 0 aromatic rings. The molecule has 0 atom stereocenters. The maximum Gasteiger partial charge on any atom is 0.490 e. The van der Waals surface area contributed by atoms with Crippen LogP contribution in [0.15, 0.2) is 12.2 Å². The van der Waals surface area contributed by atoms with Gasteiger partial charge in [0.15, 0.2) is 0 Å². The fourth-order valence-electron chi connectivity index (χ4n) is 2.43. The largest absolute Gasteiger partial charge is 0.490 e. The number of ether oxygens (including phenoxy) is 5. The Morgan fingerprint density at radius 1 is 0.750 bits per heavy atom. The minimum Gasteiger partial charge on any atom is -0.475 e. The lowest BCUT2D eigenvalue weighted by atomic mass is 10.3. The van der Waals surface area contributed by atoms with Crippen molar-refractivity contribution in [1.82, 2.24) is 15.6 Å². The number of alkyl halides is 3. The first-order chi connectivity index (χ1) is 19.0. The van der Waals surface area contributed by atoms with Gasteiger partial charge in [0.1, 0.15) is 0 Å². The summed E-state index contributed by atoms with van der Waals surface area (Å²) in [5.41, 5.74) is 2.02. The number of rotatable bonds is 21. The molecule has 0 unspecified atom stereocenters. The quantitative estimate of drug-likeness (QED) is 0.0398. The zero-order chi connectivity index (χ0) is 30.2. The fourth-order valence-corrected chi connectivity index (χ4v) is 2.43. The molecule has 0 bridgehead atoms. The van der Waals surface area contributed by atoms with Gasteiger partial charge < -0.3 is 34.1 Å². The van der Waals surface area contributed by atoms with E-state index >= 15 is 0 Å². The van der Waals surface area contributed by atoms with Crippen molar-refractivity contribution in [3.8, 4) is 0 Å². The van der Waals surface area contributed by atoms with Crippen molar-refractivity contribution in [3.05, 3.63) is 12.2 Å². The summed E-state index contributed by atoms with van der Waals surface area (Å²) in [6, 6.07) is 0. The summed E-state index contributed by atoms with van der Waals surface area (Å²) >= 11 is 0. The minimum absolute atomic E-state index is 0.0520. The third-order valence-electron chi connectivity index (χ3n) is 4.40. The molecule has 40 heavy (non-hydrogen) atoms. The molecule has 4 amide bonds. The van der Waals surface area contributed by atoms with E-state index in [0.29, 0.717) is 72.6 Å². The van der Waals surface area contributed by atoms with E-state index in [1.54, 1.807) is 0 Å². The van der Waals surface area contributed by atoms with Crippen LogP contribution < -0.4 is 16.6 Å². The first-order valence-electron chi connectivity index (χ1n) is 12.0. The monoisotopic (exact) mass is 588 g/mol. The number of carbonyl (C=O) groups is 5. The number of hydrogen-bond donors (Lipinski definition) is 4. The molecule has 1 heterocycles. The summed E-state index contributed by atoms with van der Waals surface area (Å²) < 4.78 is 58.3. The number of carboxylic acids is 1. The number of hydrazine groups is 1. The van der Waals surface area contributed by atoms with Gasteiger partial charge in [-0.2, -0.15) is 13.2 Å². The highest BCUT2D eigenvalue weighted by molar-refractivity contribution is 6.13. The van der Waals surface area contributed by atoms with Crippen LogP contribution in [0.3, 0.4) is 0 Å². The third-order valence-corrected chi connectivity index (χ3v) is 4.40. The highest BCUT2D eigenvalue weighted by Gasteiger charge is 2.38. The van der Waals surface area contributed by atoms with Gasteiger partial charge in [0.25, 0.3) is 11.8 Å². The number of carboxylic acid groups (broad SMARTS) is 1. The van der Waals surface area contributed by atoms with Gasteiger partial charge in [-0.3, -0.25) is 29.5 Å². The molecule has 230 valence electrons. The molecular weight excluding hydrogens is 553 g/mol. The highest BCUT2D eigenvalue weighted by Crippen LogP contribution is 2.13. The number of hydrogen-bond acceptors (Lipinski definition) is 11. The summed E-state index contributed by atoms with van der Waals surface area (Å²) in [6.07, 6.45) is -2.44. The molecule has 0 fully saturated rings. The van der Waals surface area contributed by atoms with Crippen LogP contribution >= 0.6 is 0 Å². The second kappa shape index (κ2) is 22.6. The van der Waals surface area contributed by atoms with E-state index in [-0.39, 0.29) is 31.2 Å². The van der Waals surface area contributed by atoms with E-state index in [2.05, 4.69) is 5.32 Å². The SMILES string of the molecule is NNC(=O)CCOCCOCCOCCOCCOCCNC(=O)CCN1C(=O)C=CC1=O.O=C(O)C(F)(F)F. The van der Waals surface area contributed by atoms with Crippen LogP contribution in [0, 0.1) is 0 Å². The number of nitrogens with one attached hydrogen (secondary N) is 2. The first-order valence-corrected chi connectivity index (χ1v) is 12.0. The van der Waals surface area contributed by atoms with Gasteiger partial charge in [0.05, 0.1) is 72.5 Å². The topological polar surface area (TPSA) is 205 Å². The summed E-state index contributed by atoms with van der Waals surface area (Å²) in [5.74, 6) is 0.859. The number of nitrogens with zero attached hydrogens (tertiary/aromatic N) is 1. The zero-order valence-corrected chi connectivity index (χ0v) is 21.7. The number of imide groups is 1. The van der Waals surface area contributed by atoms with Crippen molar-refractivity contribution in [1.29, 1.82) is 0 Å². The lowest BCUT2D eigenvalue weighted by Gasteiger charge is -2.13. The minimum atomic E-state index is -5.08. The van der Waals surface area contributed by atoms with Crippen molar-refractivity contribution in [2.24, 2.45) is 5.84 Å². The number of amides is 4. The maximum absolute atomic E-state index is 11.7. The maximum atomic E-state index is 11.7. The van der Waals surface area contributed by atoms with Crippen LogP contribution in [0.2, 0.25) is 0 Å². The number of carbonyl (C=O) groups excluding carboxylic acids is 4. The standard InChI is InChI=1S/C20H34N4O9.C2HF3O2/c21-23-18(26)4-7-29-9-11-31-13-15-33-16-14-32-12-10-30-8-5-22-17(25)3-6-24-19(27)1-2-20(24)28;3-2(4,5)1(6)7/h1-2H,3-16,21H2,(H,22,25)(H,23,26);(H,6,7). The Labute approximate surface area is 228 Å². The van der Waals surface area contributed by atoms with E-state index in [1.807, 2.05) is 5.43 Å². The average molecular weight is 589 g/mol. The number of halogens is 3. The molecule has 0 saturated heterocycles. The van der Waals surface area contributed by atoms with Crippen LogP contribution in [-0.4, -0.2) is 125 Å². The van der Waals surface area contributed by atoms with Crippen molar-refractivity contribution >= 4 is 29.6 Å². The second-order valence-electron chi connectivity index (χ2n) is 7.44. The fraction of sp³-hybridized carbons (Fsp3) is 0.682. The van der Waals surface area contributed by atoms with Crippen LogP contribution in [0.5, 0.6) is 0 Å². The van der Waals surface area contributed by atoms with Crippen LogP contribution in [-0.2, 0) is 47.7 Å². The van der Waals surface area contributed by atoms with Crippen molar-refractivity contribution in [3.63, 3.8) is 0 Å². The predicted molar refractivity (Wildman–Crippen MR) is 128 cm³/mol. The van der Waals surface area contributed by atoms with E-state index in [9.17, 15) is 32.3 Å². The lowest BCUT2D eigenvalue weighted by Crippen LogP contribution is -2.35. The Kier molecular flexibility index (Phi) is 20.8. The zero-order valence-electron chi connectivity index (χ0n) is 21.7. The molecule has 0 aromatic carbocycles. The summed E-state index contributed by atoms with van der Waals surface area (Å²) in [5, 5.41) is 9.78. The van der Waals surface area contributed by atoms with Gasteiger partial charge in [0.2, 0.25) is 11.8 Å². The molecule has 5 N–H and O–H groups in total. The van der Waals surface area contributed by atoms with Crippen molar-refractivity contribution in [2.45, 2.75) is 19.0 Å². The Hall–Kier alpha value is -3.16. The van der Waals surface area contributed by atoms with Crippen LogP contribution in [0.4, 0.5) is 13.2 Å². The Bertz CT molecular complexity index is 795. The van der Waals surface area contributed by atoms with Gasteiger partial charge in [-0.25, -0.2) is 10.6 Å². The molecule has 0 radical (unpaired) electrons. The van der Waals surface area contributed by atoms with Crippen LogP contribution in [0.25, 0.3) is 0 Å². The van der Waals surface area contributed by atoms with Gasteiger partial charge in [-0.15, -0.1) is 0 Å². The Morgan fingerprint density at radius 3 is 1.55 bits per heavy atom. The second-order valence-corrected chi connectivity index (χ2v) is 7.44. The van der Waals surface area contributed by atoms with Crippen LogP contribution in [0.1, 0.15) is 12.8 Å². The smallest absolute Gasteiger partial charge is 0.475 e. The molecular formula is C22H35F3N4O11. The summed E-state index contributed by atoms with van der Waals surface area (Å²) in [7, 11) is 0. The molecule has 0 aromatic heterocycles. The molecule has 15 nitrogen and oxygen atoms in total. The molecule has 1 rings (SSSR count). The molecule has 1 aliphatic rings. The predicted octanol–water partition coefficient (Wildman–Crippen LogP) is -1.49. The normalized spacial score (nSPS) is 12.8. The Balaban J connectivity index is 0.00000191. The van der Waals surface area contributed by atoms with E-state index < -0.39 is 24.0 Å². The molecule has 0 spiro atoms. The number of nitrogens with two attached hydrogens (primary N) is 1. The van der Waals surface area contributed by atoms with E-state index in [0.717, 1.165) is 4.90 Å². The van der Waals surface area contributed by atoms with Crippen molar-refractivity contribution < 1.29 is 65.9 Å². The van der Waals surface area contributed by atoms with Gasteiger partial charge in [-0.1, -0.05) is 0 Å². The molecule has 18 heteroatoms. The Morgan fingerprint density at radius 2 is 1.15 bits per heavy atom. The van der Waals surface area contributed by atoms with Crippen molar-refractivity contribution in [2.75, 3.05) is 79.2 Å². The van der Waals surface area contributed by atoms with Gasteiger partial charge in [0, 0.05) is 31.7 Å². The lowest BCUT2D eigenvalue weighted by molar-refractivity contribution is -0.192. The van der Waals surface area contributed by atoms with E-state index in [1.165, 1.54) is 12.2 Å². The summed E-state index contributed by atoms with van der Waals surface area (Å²) in [4.78, 5) is 55.2. The van der Waals surface area contributed by atoms with E-state index in [4.69, 9.17) is 39.4 Å². The summed E-state index contributed by atoms with van der Waals surface area (Å²) in [6.45, 7) is 4.33. The number of aliphatic carboxylic acids is 1. The highest BCUT2D eigenvalue weighted by atomic mass is 19.4. The first kappa shape index (κ1) is 36.8. The van der Waals surface area contributed by atoms with Gasteiger partial charge >= 0.3 is 12.1 Å². The molecule has 0 saturated carbocycles.